The highest BCUT2D eigenvalue weighted by Gasteiger charge is 2.27. The zero-order chi connectivity index (χ0) is 23.8. The number of anilines is 1. The molecule has 3 aromatic heterocycles. The topological polar surface area (TPSA) is 106 Å². The van der Waals surface area contributed by atoms with E-state index in [-0.39, 0.29) is 11.9 Å². The van der Waals surface area contributed by atoms with E-state index in [0.29, 0.717) is 49.6 Å². The number of nitrogens with zero attached hydrogens (tertiary/aromatic N) is 4. The fraction of sp³-hybridized carbons (Fsp3) is 0.400. The molecule has 2 N–H and O–H groups in total. The average Bonchev–Trinajstić information content (AvgIpc) is 3.60. The summed E-state index contributed by atoms with van der Waals surface area (Å²) in [5.74, 6) is 1.11. The largest absolute Gasteiger partial charge is 0.474 e. The minimum absolute atomic E-state index is 0.0307. The molecule has 10 nitrogen and oxygen atoms in total. The highest BCUT2D eigenvalue weighted by atomic mass is 16.5. The predicted molar refractivity (Wildman–Crippen MR) is 131 cm³/mol. The molecule has 0 saturated carbocycles. The molecule has 5 heterocycles. The molecular weight excluding hydrogens is 448 g/mol. The molecule has 2 atom stereocenters. The van der Waals surface area contributed by atoms with E-state index in [0.717, 1.165) is 41.7 Å². The lowest BCUT2D eigenvalue weighted by atomic mass is 10.1. The first-order valence-electron chi connectivity index (χ1n) is 12.0. The van der Waals surface area contributed by atoms with Crippen molar-refractivity contribution in [1.82, 2.24) is 25.2 Å². The molecule has 0 aliphatic carbocycles. The van der Waals surface area contributed by atoms with E-state index in [1.54, 1.807) is 23.9 Å². The fourth-order valence-electron chi connectivity index (χ4n) is 5.02. The van der Waals surface area contributed by atoms with Crippen LogP contribution in [-0.4, -0.2) is 72.5 Å². The van der Waals surface area contributed by atoms with Crippen LogP contribution < -0.4 is 20.3 Å². The van der Waals surface area contributed by atoms with Crippen molar-refractivity contribution in [2.24, 2.45) is 0 Å². The third-order valence-corrected chi connectivity index (χ3v) is 6.65. The average molecular weight is 477 g/mol. The maximum absolute atomic E-state index is 11.6. The van der Waals surface area contributed by atoms with Crippen molar-refractivity contribution < 1.29 is 18.7 Å². The molecule has 0 bridgehead atoms. The number of amides is 1. The Morgan fingerprint density at radius 2 is 2.17 bits per heavy atom. The first-order chi connectivity index (χ1) is 17.2. The van der Waals surface area contributed by atoms with Gasteiger partial charge in [0.15, 0.2) is 11.4 Å². The Morgan fingerprint density at radius 1 is 1.23 bits per heavy atom. The minimum atomic E-state index is -0.0997. The van der Waals surface area contributed by atoms with Crippen LogP contribution in [-0.2, 0) is 9.53 Å². The third-order valence-electron chi connectivity index (χ3n) is 6.65. The van der Waals surface area contributed by atoms with Crippen LogP contribution in [0.1, 0.15) is 12.8 Å². The van der Waals surface area contributed by atoms with Gasteiger partial charge in [-0.2, -0.15) is 0 Å². The molecule has 2 fully saturated rings. The van der Waals surface area contributed by atoms with E-state index in [2.05, 4.69) is 37.7 Å². The monoisotopic (exact) mass is 476 g/mol. The van der Waals surface area contributed by atoms with Crippen molar-refractivity contribution in [2.75, 3.05) is 44.9 Å². The number of aromatic nitrogens is 3. The molecule has 2 aliphatic rings. The van der Waals surface area contributed by atoms with E-state index < -0.39 is 0 Å². The minimum Gasteiger partial charge on any atom is -0.474 e. The highest BCUT2D eigenvalue weighted by molar-refractivity contribution is 5.94. The van der Waals surface area contributed by atoms with E-state index >= 15 is 0 Å². The van der Waals surface area contributed by atoms with Crippen molar-refractivity contribution >= 4 is 28.2 Å². The van der Waals surface area contributed by atoms with Crippen LogP contribution in [0.2, 0.25) is 0 Å². The van der Waals surface area contributed by atoms with E-state index in [4.69, 9.17) is 13.9 Å². The van der Waals surface area contributed by atoms with Gasteiger partial charge >= 0.3 is 0 Å². The number of carbonyl (C=O) groups excluding carboxylic acids is 1. The van der Waals surface area contributed by atoms with Crippen molar-refractivity contribution in [3.8, 4) is 17.3 Å². The standard InChI is InChI=1S/C25H28N6O4/c1-33-15-17-4-3-9-30(17)19-5-2-6-21-18(19)10-22(35-21)20-12-27-23-7-8-25(29-31(20)23)34-14-16-11-26-13-24(32)28-16/h2,5-8,10,12,16-17,26H,3-4,9,11,13-15H2,1H3,(H,28,32)/t16-,17-/m1/s1. The summed E-state index contributed by atoms with van der Waals surface area (Å²) < 4.78 is 19.3. The lowest BCUT2D eigenvalue weighted by Crippen LogP contribution is -2.54. The molecule has 4 aromatic rings. The summed E-state index contributed by atoms with van der Waals surface area (Å²) in [7, 11) is 1.75. The molecule has 1 aromatic carbocycles. The first-order valence-corrected chi connectivity index (χ1v) is 12.0. The molecule has 1 amide bonds. The number of furan rings is 1. The molecule has 0 spiro atoms. The second-order valence-corrected chi connectivity index (χ2v) is 9.04. The van der Waals surface area contributed by atoms with Crippen LogP contribution in [0.5, 0.6) is 5.88 Å². The van der Waals surface area contributed by atoms with Crippen molar-refractivity contribution in [3.05, 3.63) is 42.6 Å². The zero-order valence-corrected chi connectivity index (χ0v) is 19.6. The number of hydrogen-bond acceptors (Lipinski definition) is 8. The highest BCUT2D eigenvalue weighted by Crippen LogP contribution is 2.37. The van der Waals surface area contributed by atoms with Crippen LogP contribution in [0.25, 0.3) is 28.1 Å². The Morgan fingerprint density at radius 3 is 3.06 bits per heavy atom. The SMILES string of the molecule is COC[C@H]1CCCN1c1cccc2oc(-c3cnc4ccc(OC[C@H]5CNCC(=O)N5)nn34)cc12. The van der Waals surface area contributed by atoms with Crippen LogP contribution in [0.3, 0.4) is 0 Å². The number of rotatable bonds is 7. The van der Waals surface area contributed by atoms with Gasteiger partial charge in [-0.15, -0.1) is 5.10 Å². The lowest BCUT2D eigenvalue weighted by molar-refractivity contribution is -0.122. The number of ether oxygens (including phenoxy) is 2. The number of imidazole rings is 1. The predicted octanol–water partition coefficient (Wildman–Crippen LogP) is 2.22. The van der Waals surface area contributed by atoms with Gasteiger partial charge in [-0.3, -0.25) is 4.79 Å². The first kappa shape index (κ1) is 21.9. The summed E-state index contributed by atoms with van der Waals surface area (Å²) >= 11 is 0. The number of carbonyl (C=O) groups is 1. The number of hydrogen-bond donors (Lipinski definition) is 2. The summed E-state index contributed by atoms with van der Waals surface area (Å²) in [6, 6.07) is 12.1. The van der Waals surface area contributed by atoms with Crippen molar-refractivity contribution in [3.63, 3.8) is 0 Å². The third kappa shape index (κ3) is 4.19. The number of fused-ring (bicyclic) bond motifs is 2. The van der Waals surface area contributed by atoms with Gasteiger partial charge in [-0.05, 0) is 37.1 Å². The van der Waals surface area contributed by atoms with Gasteiger partial charge in [0.05, 0.1) is 31.4 Å². The Balaban J connectivity index is 1.30. The summed E-state index contributed by atoms with van der Waals surface area (Å²) in [5.41, 5.74) is 3.42. The maximum atomic E-state index is 11.6. The molecule has 6 rings (SSSR count). The molecule has 0 radical (unpaired) electrons. The second kappa shape index (κ2) is 9.20. The summed E-state index contributed by atoms with van der Waals surface area (Å²) in [6.07, 6.45) is 4.03. The lowest BCUT2D eigenvalue weighted by Gasteiger charge is -2.26. The number of benzene rings is 1. The number of nitrogens with one attached hydrogen (secondary N) is 2. The Hall–Kier alpha value is -3.63. The molecule has 35 heavy (non-hydrogen) atoms. The number of methoxy groups -OCH3 is 1. The second-order valence-electron chi connectivity index (χ2n) is 9.04. The quantitative estimate of drug-likeness (QED) is 0.418. The fourth-order valence-corrected chi connectivity index (χ4v) is 5.02. The van der Waals surface area contributed by atoms with Crippen LogP contribution in [0.4, 0.5) is 5.69 Å². The van der Waals surface area contributed by atoms with E-state index in [1.165, 1.54) is 0 Å². The maximum Gasteiger partial charge on any atom is 0.234 e. The summed E-state index contributed by atoms with van der Waals surface area (Å²) in [4.78, 5) is 18.5. The van der Waals surface area contributed by atoms with Crippen molar-refractivity contribution in [2.45, 2.75) is 24.9 Å². The van der Waals surface area contributed by atoms with Gasteiger partial charge in [0.2, 0.25) is 11.8 Å². The van der Waals surface area contributed by atoms with E-state index in [1.807, 2.05) is 18.2 Å². The molecule has 2 aliphatic heterocycles. The Bertz CT molecular complexity index is 1360. The summed E-state index contributed by atoms with van der Waals surface area (Å²) in [6.45, 7) is 3.04. The van der Waals surface area contributed by atoms with Gasteiger partial charge in [0.1, 0.15) is 17.9 Å². The van der Waals surface area contributed by atoms with Gasteiger partial charge in [-0.1, -0.05) is 6.07 Å². The molecule has 0 unspecified atom stereocenters. The van der Waals surface area contributed by atoms with Crippen LogP contribution >= 0.6 is 0 Å². The zero-order valence-electron chi connectivity index (χ0n) is 19.6. The number of piperazine rings is 1. The Labute approximate surface area is 202 Å². The van der Waals surface area contributed by atoms with Gasteiger partial charge < -0.3 is 29.4 Å². The van der Waals surface area contributed by atoms with Crippen molar-refractivity contribution in [1.29, 1.82) is 0 Å². The smallest absolute Gasteiger partial charge is 0.234 e. The van der Waals surface area contributed by atoms with Gasteiger partial charge in [0.25, 0.3) is 0 Å². The van der Waals surface area contributed by atoms with Crippen LogP contribution in [0.15, 0.2) is 47.0 Å². The van der Waals surface area contributed by atoms with E-state index in [9.17, 15) is 4.79 Å². The molecule has 10 heteroatoms. The van der Waals surface area contributed by atoms with Crippen LogP contribution in [0, 0.1) is 0 Å². The molecule has 2 saturated heterocycles. The van der Waals surface area contributed by atoms with Gasteiger partial charge in [0, 0.05) is 37.3 Å². The Kier molecular flexibility index (Phi) is 5.75. The summed E-state index contributed by atoms with van der Waals surface area (Å²) in [5, 5.41) is 11.7. The molecule has 182 valence electrons. The van der Waals surface area contributed by atoms with Gasteiger partial charge in [-0.25, -0.2) is 9.50 Å². The normalized spacial score (nSPS) is 20.6. The molecular formula is C25H28N6O4.